The summed E-state index contributed by atoms with van der Waals surface area (Å²) in [4.78, 5) is 2.31. The molecule has 0 bridgehead atoms. The van der Waals surface area contributed by atoms with Crippen LogP contribution < -0.4 is 10.6 Å². The van der Waals surface area contributed by atoms with E-state index in [2.05, 4.69) is 24.8 Å². The monoisotopic (exact) mass is 215 g/mol. The first-order valence-electron chi connectivity index (χ1n) is 5.66. The fourth-order valence-electron chi connectivity index (χ4n) is 2.24. The molecule has 1 fully saturated rings. The van der Waals surface area contributed by atoms with Crippen molar-refractivity contribution in [3.8, 4) is 6.07 Å². The molecule has 0 aliphatic carbocycles. The summed E-state index contributed by atoms with van der Waals surface area (Å²) in [6.45, 7) is 6.64. The highest BCUT2D eigenvalue weighted by molar-refractivity contribution is 5.70. The fraction of sp³-hybridized carbons (Fsp3) is 0.462. The maximum absolute atomic E-state index is 8.78. The van der Waals surface area contributed by atoms with E-state index in [1.54, 1.807) is 6.07 Å². The van der Waals surface area contributed by atoms with Crippen molar-refractivity contribution in [1.82, 2.24) is 0 Å². The Bertz CT molecular complexity index is 423. The van der Waals surface area contributed by atoms with Gasteiger partial charge in [-0.25, -0.2) is 0 Å². The first kappa shape index (κ1) is 10.8. The van der Waals surface area contributed by atoms with Gasteiger partial charge in [-0.3, -0.25) is 0 Å². The molecule has 0 spiro atoms. The number of nitrogen functional groups attached to an aromatic ring is 1. The molecule has 0 amide bonds. The van der Waals surface area contributed by atoms with Gasteiger partial charge in [0.25, 0.3) is 0 Å². The van der Waals surface area contributed by atoms with E-state index in [1.165, 1.54) is 0 Å². The Balaban J connectivity index is 2.26. The quantitative estimate of drug-likeness (QED) is 0.731. The van der Waals surface area contributed by atoms with Gasteiger partial charge in [0, 0.05) is 13.1 Å². The predicted octanol–water partition coefficient (Wildman–Crippen LogP) is 2.23. The number of nitrogens with two attached hydrogens (primary N) is 1. The zero-order valence-electron chi connectivity index (χ0n) is 9.77. The van der Waals surface area contributed by atoms with E-state index in [1.807, 2.05) is 12.1 Å². The molecule has 1 aromatic carbocycles. The van der Waals surface area contributed by atoms with Crippen molar-refractivity contribution >= 4 is 11.4 Å². The average Bonchev–Trinajstić information content (AvgIpc) is 2.58. The van der Waals surface area contributed by atoms with Crippen molar-refractivity contribution in [3.63, 3.8) is 0 Å². The van der Waals surface area contributed by atoms with Gasteiger partial charge in [-0.05, 0) is 30.0 Å². The Hall–Kier alpha value is -1.69. The Labute approximate surface area is 96.5 Å². The lowest BCUT2D eigenvalue weighted by Crippen LogP contribution is -2.20. The van der Waals surface area contributed by atoms with Gasteiger partial charge in [0.1, 0.15) is 0 Å². The van der Waals surface area contributed by atoms with E-state index in [0.717, 1.165) is 18.8 Å². The van der Waals surface area contributed by atoms with Gasteiger partial charge < -0.3 is 10.6 Å². The van der Waals surface area contributed by atoms with E-state index in [0.29, 0.717) is 23.1 Å². The summed E-state index contributed by atoms with van der Waals surface area (Å²) in [5.41, 5.74) is 8.37. The predicted molar refractivity (Wildman–Crippen MR) is 66.1 cm³/mol. The van der Waals surface area contributed by atoms with E-state index < -0.39 is 0 Å². The van der Waals surface area contributed by atoms with Crippen LogP contribution in [0.2, 0.25) is 0 Å². The third kappa shape index (κ3) is 1.83. The Morgan fingerprint density at radius 2 is 1.94 bits per heavy atom. The number of nitriles is 1. The van der Waals surface area contributed by atoms with Crippen LogP contribution in [0.3, 0.4) is 0 Å². The normalized spacial score (nSPS) is 24.4. The van der Waals surface area contributed by atoms with Crippen LogP contribution in [-0.2, 0) is 0 Å². The van der Waals surface area contributed by atoms with Crippen LogP contribution in [-0.4, -0.2) is 13.1 Å². The second kappa shape index (κ2) is 4.05. The fourth-order valence-corrected chi connectivity index (χ4v) is 2.24. The second-order valence-corrected chi connectivity index (χ2v) is 4.74. The number of hydrogen-bond donors (Lipinski definition) is 1. The molecule has 2 unspecified atom stereocenters. The first-order chi connectivity index (χ1) is 7.61. The molecular weight excluding hydrogens is 198 g/mol. The van der Waals surface area contributed by atoms with Crippen LogP contribution in [0.4, 0.5) is 11.4 Å². The molecule has 3 heteroatoms. The lowest BCUT2D eigenvalue weighted by atomic mass is 10.0. The topological polar surface area (TPSA) is 53.0 Å². The van der Waals surface area contributed by atoms with Gasteiger partial charge in [0.2, 0.25) is 0 Å². The number of hydrogen-bond acceptors (Lipinski definition) is 3. The number of rotatable bonds is 1. The minimum atomic E-state index is 0.626. The first-order valence-corrected chi connectivity index (χ1v) is 5.66. The third-order valence-corrected chi connectivity index (χ3v) is 3.49. The Kier molecular flexibility index (Phi) is 2.74. The zero-order valence-corrected chi connectivity index (χ0v) is 9.77. The van der Waals surface area contributed by atoms with Crippen LogP contribution in [0.1, 0.15) is 19.4 Å². The van der Waals surface area contributed by atoms with Gasteiger partial charge in [0.05, 0.1) is 23.0 Å². The third-order valence-electron chi connectivity index (χ3n) is 3.49. The lowest BCUT2D eigenvalue weighted by molar-refractivity contribution is 0.494. The minimum Gasteiger partial charge on any atom is -0.397 e. The van der Waals surface area contributed by atoms with Crippen molar-refractivity contribution < 1.29 is 0 Å². The van der Waals surface area contributed by atoms with E-state index >= 15 is 0 Å². The Morgan fingerprint density at radius 1 is 1.31 bits per heavy atom. The summed E-state index contributed by atoms with van der Waals surface area (Å²) in [6.07, 6.45) is 0. The van der Waals surface area contributed by atoms with E-state index in [4.69, 9.17) is 11.0 Å². The van der Waals surface area contributed by atoms with Crippen LogP contribution in [0.25, 0.3) is 0 Å². The van der Waals surface area contributed by atoms with Crippen LogP contribution in [0, 0.1) is 23.2 Å². The van der Waals surface area contributed by atoms with E-state index in [-0.39, 0.29) is 0 Å². The molecule has 1 heterocycles. The molecule has 2 atom stereocenters. The molecule has 1 aliphatic heterocycles. The molecule has 1 aromatic rings. The van der Waals surface area contributed by atoms with Gasteiger partial charge in [-0.1, -0.05) is 13.8 Å². The highest BCUT2D eigenvalue weighted by Crippen LogP contribution is 2.31. The molecule has 2 rings (SSSR count). The second-order valence-electron chi connectivity index (χ2n) is 4.74. The van der Waals surface area contributed by atoms with Crippen LogP contribution >= 0.6 is 0 Å². The molecule has 16 heavy (non-hydrogen) atoms. The van der Waals surface area contributed by atoms with Gasteiger partial charge >= 0.3 is 0 Å². The van der Waals surface area contributed by atoms with Crippen molar-refractivity contribution in [2.45, 2.75) is 13.8 Å². The van der Waals surface area contributed by atoms with E-state index in [9.17, 15) is 0 Å². The molecular formula is C13H17N3. The summed E-state index contributed by atoms with van der Waals surface area (Å²) in [7, 11) is 0. The molecule has 1 aliphatic rings. The summed E-state index contributed by atoms with van der Waals surface area (Å²) in [5, 5.41) is 8.78. The molecule has 2 N–H and O–H groups in total. The summed E-state index contributed by atoms with van der Waals surface area (Å²) in [6, 6.07) is 7.65. The SMILES string of the molecule is CC1CN(c2ccc(C#N)cc2N)CC1C. The van der Waals surface area contributed by atoms with Crippen molar-refractivity contribution in [1.29, 1.82) is 5.26 Å². The number of anilines is 2. The molecule has 0 aromatic heterocycles. The number of benzene rings is 1. The maximum atomic E-state index is 8.78. The van der Waals surface area contributed by atoms with Gasteiger partial charge in [-0.2, -0.15) is 5.26 Å². The molecule has 0 saturated carbocycles. The Morgan fingerprint density at radius 3 is 2.44 bits per heavy atom. The zero-order chi connectivity index (χ0) is 11.7. The molecule has 0 radical (unpaired) electrons. The smallest absolute Gasteiger partial charge is 0.0992 e. The summed E-state index contributed by atoms with van der Waals surface area (Å²) in [5.74, 6) is 1.41. The summed E-state index contributed by atoms with van der Waals surface area (Å²) >= 11 is 0. The average molecular weight is 215 g/mol. The van der Waals surface area contributed by atoms with Crippen LogP contribution in [0.15, 0.2) is 18.2 Å². The van der Waals surface area contributed by atoms with Crippen molar-refractivity contribution in [3.05, 3.63) is 23.8 Å². The lowest BCUT2D eigenvalue weighted by Gasteiger charge is -2.20. The highest BCUT2D eigenvalue weighted by Gasteiger charge is 2.26. The minimum absolute atomic E-state index is 0.626. The molecule has 3 nitrogen and oxygen atoms in total. The summed E-state index contributed by atoms with van der Waals surface area (Å²) < 4.78 is 0. The largest absolute Gasteiger partial charge is 0.397 e. The maximum Gasteiger partial charge on any atom is 0.0992 e. The standard InChI is InChI=1S/C13H17N3/c1-9-7-16(8-10(9)2)13-4-3-11(6-14)5-12(13)15/h3-5,9-10H,7-8,15H2,1-2H3. The van der Waals surface area contributed by atoms with Gasteiger partial charge in [0.15, 0.2) is 0 Å². The van der Waals surface area contributed by atoms with Crippen molar-refractivity contribution in [2.75, 3.05) is 23.7 Å². The molecule has 84 valence electrons. The van der Waals surface area contributed by atoms with Gasteiger partial charge in [-0.15, -0.1) is 0 Å². The van der Waals surface area contributed by atoms with Crippen molar-refractivity contribution in [2.24, 2.45) is 11.8 Å². The highest BCUT2D eigenvalue weighted by atomic mass is 15.2. The molecule has 1 saturated heterocycles. The number of nitrogens with zero attached hydrogens (tertiary/aromatic N) is 2. The van der Waals surface area contributed by atoms with Crippen LogP contribution in [0.5, 0.6) is 0 Å².